The highest BCUT2D eigenvalue weighted by molar-refractivity contribution is 5.78. The van der Waals surface area contributed by atoms with E-state index in [-0.39, 0.29) is 6.67 Å². The van der Waals surface area contributed by atoms with Gasteiger partial charge in [-0.25, -0.2) is 20.2 Å². The number of nitrogens with zero attached hydrogens (tertiary/aromatic N) is 6. The van der Waals surface area contributed by atoms with E-state index in [2.05, 4.69) is 0 Å². The van der Waals surface area contributed by atoms with E-state index >= 15 is 0 Å². The third-order valence-electron chi connectivity index (χ3n) is 3.30. The fourth-order valence-electron chi connectivity index (χ4n) is 2.21. The van der Waals surface area contributed by atoms with E-state index in [9.17, 15) is 29.8 Å². The van der Waals surface area contributed by atoms with Crippen LogP contribution in [0.3, 0.4) is 0 Å². The first-order valence-corrected chi connectivity index (χ1v) is 5.88. The van der Waals surface area contributed by atoms with Crippen molar-refractivity contribution in [2.45, 2.75) is 26.2 Å². The molecule has 21 heavy (non-hydrogen) atoms. The molecule has 1 rings (SSSR count). The first-order valence-electron chi connectivity index (χ1n) is 5.88. The lowest BCUT2D eigenvalue weighted by Gasteiger charge is -2.30. The van der Waals surface area contributed by atoms with Crippen LogP contribution in [0.25, 0.3) is 0 Å². The van der Waals surface area contributed by atoms with Crippen molar-refractivity contribution in [3.63, 3.8) is 0 Å². The summed E-state index contributed by atoms with van der Waals surface area (Å²) < 4.78 is 0. The van der Waals surface area contributed by atoms with Gasteiger partial charge in [-0.3, -0.25) is 19.4 Å². The number of amides is 2. The number of hydrogen-bond donors (Lipinski definition) is 0. The van der Waals surface area contributed by atoms with Gasteiger partial charge >= 0.3 is 0 Å². The normalized spacial score (nSPS) is 21.1. The van der Waals surface area contributed by atoms with Crippen LogP contribution in [-0.2, 0) is 9.59 Å². The average Bonchev–Trinajstić information content (AvgIpc) is 2.76. The lowest BCUT2D eigenvalue weighted by atomic mass is 10.3. The summed E-state index contributed by atoms with van der Waals surface area (Å²) in [7, 11) is 2.18. The molecule has 1 aliphatic rings. The second kappa shape index (κ2) is 5.76. The van der Waals surface area contributed by atoms with Gasteiger partial charge < -0.3 is 0 Å². The third kappa shape index (κ3) is 2.93. The number of carbonyl (C=O) groups is 2. The molecule has 0 bridgehead atoms. The van der Waals surface area contributed by atoms with Crippen LogP contribution in [0.4, 0.5) is 0 Å². The zero-order valence-corrected chi connectivity index (χ0v) is 12.0. The molecule has 0 aliphatic carbocycles. The summed E-state index contributed by atoms with van der Waals surface area (Å²) in [5.41, 5.74) is 0. The Balaban J connectivity index is 3.31. The molecule has 118 valence electrons. The van der Waals surface area contributed by atoms with Crippen molar-refractivity contribution >= 4 is 11.8 Å². The molecule has 0 aromatic heterocycles. The smallest absolute Gasteiger partial charge is 0.222 e. The van der Waals surface area contributed by atoms with E-state index in [0.29, 0.717) is 10.0 Å². The number of hydrogen-bond acceptors (Lipinski definition) is 6. The molecule has 0 saturated carbocycles. The van der Waals surface area contributed by atoms with Crippen molar-refractivity contribution in [3.05, 3.63) is 20.2 Å². The molecule has 2 atom stereocenters. The number of rotatable bonds is 4. The van der Waals surface area contributed by atoms with Gasteiger partial charge in [0.15, 0.2) is 10.1 Å². The van der Waals surface area contributed by atoms with Crippen LogP contribution in [0.2, 0.25) is 0 Å². The molecule has 1 heterocycles. The molecule has 2 amide bonds. The van der Waals surface area contributed by atoms with Gasteiger partial charge in [0, 0.05) is 13.8 Å². The molecule has 1 saturated heterocycles. The van der Waals surface area contributed by atoms with E-state index in [4.69, 9.17) is 0 Å². The van der Waals surface area contributed by atoms with Gasteiger partial charge in [-0.2, -0.15) is 0 Å². The third-order valence-corrected chi connectivity index (χ3v) is 3.30. The van der Waals surface area contributed by atoms with Crippen LogP contribution in [0.5, 0.6) is 0 Å². The Kier molecular flexibility index (Phi) is 4.50. The largest absolute Gasteiger partial charge is 0.296 e. The topological polar surface area (TPSA) is 133 Å². The van der Waals surface area contributed by atoms with Crippen molar-refractivity contribution in [2.24, 2.45) is 0 Å². The summed E-state index contributed by atoms with van der Waals surface area (Å²) in [5, 5.41) is 21.5. The van der Waals surface area contributed by atoms with Gasteiger partial charge in [0.1, 0.15) is 6.67 Å². The van der Waals surface area contributed by atoms with Crippen molar-refractivity contribution in [1.29, 1.82) is 0 Å². The summed E-state index contributed by atoms with van der Waals surface area (Å²) in [4.78, 5) is 47.3. The molecule has 0 radical (unpaired) electrons. The Bertz CT molecular complexity index is 441. The second-order valence-corrected chi connectivity index (χ2v) is 4.57. The lowest BCUT2D eigenvalue weighted by molar-refractivity contribution is -0.686. The molecule has 12 nitrogen and oxygen atoms in total. The molecule has 12 heteroatoms. The van der Waals surface area contributed by atoms with Crippen LogP contribution < -0.4 is 0 Å². The Labute approximate surface area is 119 Å². The molecular formula is C9H16N6O6. The highest BCUT2D eigenvalue weighted by Gasteiger charge is 2.53. The summed E-state index contributed by atoms with van der Waals surface area (Å²) in [6.07, 6.45) is -2.53. The monoisotopic (exact) mass is 304 g/mol. The number of hydrazine groups is 2. The van der Waals surface area contributed by atoms with Gasteiger partial charge in [0.2, 0.25) is 24.1 Å². The molecule has 0 aromatic carbocycles. The quantitative estimate of drug-likeness (QED) is 0.455. The van der Waals surface area contributed by atoms with Gasteiger partial charge in [-0.15, -0.1) is 10.0 Å². The molecular weight excluding hydrogens is 288 g/mol. The fraction of sp³-hybridized carbons (Fsp3) is 0.778. The minimum absolute atomic E-state index is 0.254. The van der Waals surface area contributed by atoms with E-state index in [1.807, 2.05) is 0 Å². The summed E-state index contributed by atoms with van der Waals surface area (Å²) in [6.45, 7) is 2.09. The van der Waals surface area contributed by atoms with Crippen LogP contribution in [0, 0.1) is 20.2 Å². The van der Waals surface area contributed by atoms with Crippen molar-refractivity contribution in [1.82, 2.24) is 19.8 Å². The van der Waals surface area contributed by atoms with E-state index in [1.165, 1.54) is 13.8 Å². The first kappa shape index (κ1) is 16.4. The summed E-state index contributed by atoms with van der Waals surface area (Å²) in [5.74, 6) is -1.06. The van der Waals surface area contributed by atoms with Gasteiger partial charge in [-0.05, 0) is 0 Å². The highest BCUT2D eigenvalue weighted by Crippen LogP contribution is 2.25. The zero-order chi connectivity index (χ0) is 16.5. The number of carbonyl (C=O) groups excluding carboxylic acids is 2. The van der Waals surface area contributed by atoms with Crippen molar-refractivity contribution < 1.29 is 19.7 Å². The summed E-state index contributed by atoms with van der Waals surface area (Å²) in [6, 6.07) is 0. The van der Waals surface area contributed by atoms with Crippen molar-refractivity contribution in [3.8, 4) is 0 Å². The van der Waals surface area contributed by atoms with Crippen molar-refractivity contribution in [2.75, 3.05) is 20.8 Å². The Morgan fingerprint density at radius 2 is 1.24 bits per heavy atom. The van der Waals surface area contributed by atoms with E-state index in [0.717, 1.165) is 23.9 Å². The predicted octanol–water partition coefficient (Wildman–Crippen LogP) is -1.45. The van der Waals surface area contributed by atoms with Gasteiger partial charge in [-0.1, -0.05) is 0 Å². The average molecular weight is 304 g/mol. The van der Waals surface area contributed by atoms with Crippen LogP contribution in [0.15, 0.2) is 0 Å². The maximum absolute atomic E-state index is 11.6. The standard InChI is InChI=1S/C9H16N6O6/c1-6(16)12-5-13(7(2)17)9(11(4)15(20)21)8(12)10(3)14(18)19/h8-9H,5H2,1-4H3. The minimum atomic E-state index is -1.27. The SMILES string of the molecule is CC(=O)N1CN(C(C)=O)C(N(C)[N+](=O)[O-])C1N(C)[N+](=O)[O-]. The molecule has 2 unspecified atom stereocenters. The maximum Gasteiger partial charge on any atom is 0.222 e. The lowest BCUT2D eigenvalue weighted by Crippen LogP contribution is -2.59. The van der Waals surface area contributed by atoms with Crippen LogP contribution in [-0.4, -0.2) is 74.8 Å². The maximum atomic E-state index is 11.6. The van der Waals surface area contributed by atoms with E-state index < -0.39 is 34.2 Å². The number of nitro groups is 2. The highest BCUT2D eigenvalue weighted by atomic mass is 16.7. The molecule has 1 aliphatic heterocycles. The van der Waals surface area contributed by atoms with Gasteiger partial charge in [0.05, 0.1) is 14.1 Å². The first-order chi connectivity index (χ1) is 9.59. The fourth-order valence-corrected chi connectivity index (χ4v) is 2.21. The summed E-state index contributed by atoms with van der Waals surface area (Å²) >= 11 is 0. The van der Waals surface area contributed by atoms with Gasteiger partial charge in [0.25, 0.3) is 0 Å². The minimum Gasteiger partial charge on any atom is -0.296 e. The zero-order valence-electron chi connectivity index (χ0n) is 12.0. The molecule has 0 spiro atoms. The Hall–Kier alpha value is -2.66. The Morgan fingerprint density at radius 1 is 0.952 bits per heavy atom. The number of likely N-dealkylation sites (N-methyl/N-ethyl adjacent to an activating group) is 2. The molecule has 0 N–H and O–H groups in total. The van der Waals surface area contributed by atoms with Crippen LogP contribution >= 0.6 is 0 Å². The predicted molar refractivity (Wildman–Crippen MR) is 67.0 cm³/mol. The Morgan fingerprint density at radius 3 is 1.43 bits per heavy atom. The van der Waals surface area contributed by atoms with Crippen LogP contribution in [0.1, 0.15) is 13.8 Å². The van der Waals surface area contributed by atoms with E-state index in [1.54, 1.807) is 0 Å². The molecule has 0 aromatic rings. The second-order valence-electron chi connectivity index (χ2n) is 4.57. The molecule has 1 fully saturated rings.